The van der Waals surface area contributed by atoms with Crippen LogP contribution in [0.5, 0.6) is 0 Å². The Morgan fingerprint density at radius 1 is 1.36 bits per heavy atom. The van der Waals surface area contributed by atoms with E-state index in [0.29, 0.717) is 6.61 Å². The number of hydrogen-bond donors (Lipinski definition) is 2. The molecule has 0 aliphatic carbocycles. The molecule has 0 radical (unpaired) electrons. The predicted molar refractivity (Wildman–Crippen MR) is 43.4 cm³/mol. The summed E-state index contributed by atoms with van der Waals surface area (Å²) in [5.41, 5.74) is 0. The lowest BCUT2D eigenvalue weighted by Gasteiger charge is -2.21. The standard InChI is InChI=1S/C8H14O6/c1-11-7-5(9)8(10)14-6(7)4-2-12-3-13-4/h4-10H,2-3H2,1H3/t4-,5-,6-,7-,8+/m1/s1. The maximum absolute atomic E-state index is 9.49. The first kappa shape index (κ1) is 10.3. The summed E-state index contributed by atoms with van der Waals surface area (Å²) in [6.45, 7) is 0.608. The van der Waals surface area contributed by atoms with Crippen molar-refractivity contribution < 1.29 is 29.2 Å². The van der Waals surface area contributed by atoms with Crippen LogP contribution < -0.4 is 0 Å². The van der Waals surface area contributed by atoms with E-state index >= 15 is 0 Å². The van der Waals surface area contributed by atoms with E-state index in [0.717, 1.165) is 0 Å². The second-order valence-corrected chi connectivity index (χ2v) is 3.38. The van der Waals surface area contributed by atoms with Gasteiger partial charge in [-0.15, -0.1) is 0 Å². The van der Waals surface area contributed by atoms with Gasteiger partial charge in [-0.05, 0) is 0 Å². The minimum absolute atomic E-state index is 0.215. The smallest absolute Gasteiger partial charge is 0.184 e. The van der Waals surface area contributed by atoms with Gasteiger partial charge in [0.25, 0.3) is 0 Å². The van der Waals surface area contributed by atoms with Crippen LogP contribution in [0, 0.1) is 0 Å². The van der Waals surface area contributed by atoms with Crippen LogP contribution in [0.25, 0.3) is 0 Å². The Kier molecular flexibility index (Phi) is 3.01. The molecule has 0 spiro atoms. The Morgan fingerprint density at radius 3 is 2.71 bits per heavy atom. The Hall–Kier alpha value is -0.240. The van der Waals surface area contributed by atoms with E-state index in [2.05, 4.69) is 0 Å². The van der Waals surface area contributed by atoms with Crippen molar-refractivity contribution in [2.45, 2.75) is 30.7 Å². The summed E-state index contributed by atoms with van der Waals surface area (Å²) >= 11 is 0. The molecule has 0 aromatic heterocycles. The average molecular weight is 206 g/mol. The van der Waals surface area contributed by atoms with Gasteiger partial charge in [-0.25, -0.2) is 0 Å². The first-order valence-electron chi connectivity index (χ1n) is 4.48. The molecule has 2 aliphatic heterocycles. The van der Waals surface area contributed by atoms with Crippen molar-refractivity contribution in [2.24, 2.45) is 0 Å². The summed E-state index contributed by atoms with van der Waals surface area (Å²) in [5, 5.41) is 18.8. The Bertz CT molecular complexity index is 192. The molecule has 2 N–H and O–H groups in total. The average Bonchev–Trinajstić information content (AvgIpc) is 2.76. The number of aliphatic hydroxyl groups is 2. The SMILES string of the molecule is CO[C@@H]1[C@@H](O)[C@@H](O)O[C@@H]1[C@H]1COCO1. The van der Waals surface area contributed by atoms with Crippen molar-refractivity contribution in [2.75, 3.05) is 20.5 Å². The van der Waals surface area contributed by atoms with Gasteiger partial charge < -0.3 is 29.2 Å². The van der Waals surface area contributed by atoms with Crippen LogP contribution >= 0.6 is 0 Å². The van der Waals surface area contributed by atoms with E-state index in [1.54, 1.807) is 0 Å². The summed E-state index contributed by atoms with van der Waals surface area (Å²) in [7, 11) is 1.46. The van der Waals surface area contributed by atoms with E-state index in [1.807, 2.05) is 0 Å². The summed E-state index contributed by atoms with van der Waals surface area (Å²) in [6.07, 6.45) is -3.58. The molecule has 0 aromatic carbocycles. The molecule has 6 heteroatoms. The maximum Gasteiger partial charge on any atom is 0.184 e. The predicted octanol–water partition coefficient (Wildman–Crippen LogP) is -1.55. The van der Waals surface area contributed by atoms with Crippen LogP contribution in [-0.4, -0.2) is 61.4 Å². The van der Waals surface area contributed by atoms with Gasteiger partial charge in [-0.3, -0.25) is 0 Å². The Balaban J connectivity index is 2.03. The van der Waals surface area contributed by atoms with E-state index in [1.165, 1.54) is 7.11 Å². The molecule has 0 unspecified atom stereocenters. The third-order valence-corrected chi connectivity index (χ3v) is 2.54. The van der Waals surface area contributed by atoms with Gasteiger partial charge in [-0.1, -0.05) is 0 Å². The van der Waals surface area contributed by atoms with Crippen molar-refractivity contribution in [1.29, 1.82) is 0 Å². The number of rotatable bonds is 2. The fourth-order valence-corrected chi connectivity index (χ4v) is 1.79. The second kappa shape index (κ2) is 4.09. The molecule has 2 rings (SSSR count). The highest BCUT2D eigenvalue weighted by molar-refractivity contribution is 4.92. The Morgan fingerprint density at radius 2 is 2.14 bits per heavy atom. The summed E-state index contributed by atoms with van der Waals surface area (Å²) in [4.78, 5) is 0. The fourth-order valence-electron chi connectivity index (χ4n) is 1.79. The van der Waals surface area contributed by atoms with Crippen LogP contribution in [0.2, 0.25) is 0 Å². The van der Waals surface area contributed by atoms with Gasteiger partial charge in [0.1, 0.15) is 31.2 Å². The summed E-state index contributed by atoms with van der Waals surface area (Å²) in [6, 6.07) is 0. The molecular formula is C8H14O6. The molecule has 0 saturated carbocycles. The lowest BCUT2D eigenvalue weighted by molar-refractivity contribution is -0.146. The van der Waals surface area contributed by atoms with Crippen LogP contribution in [-0.2, 0) is 18.9 Å². The molecular weight excluding hydrogens is 192 g/mol. The lowest BCUT2D eigenvalue weighted by atomic mass is 10.1. The van der Waals surface area contributed by atoms with Gasteiger partial charge in [-0.2, -0.15) is 0 Å². The van der Waals surface area contributed by atoms with E-state index in [4.69, 9.17) is 18.9 Å². The monoisotopic (exact) mass is 206 g/mol. The molecule has 6 nitrogen and oxygen atoms in total. The van der Waals surface area contributed by atoms with Gasteiger partial charge in [0.15, 0.2) is 6.29 Å². The largest absolute Gasteiger partial charge is 0.385 e. The minimum atomic E-state index is -1.21. The lowest BCUT2D eigenvalue weighted by Crippen LogP contribution is -2.41. The maximum atomic E-state index is 9.49. The minimum Gasteiger partial charge on any atom is -0.385 e. The van der Waals surface area contributed by atoms with Crippen LogP contribution in [0.3, 0.4) is 0 Å². The third kappa shape index (κ3) is 1.65. The van der Waals surface area contributed by atoms with Crippen molar-refractivity contribution in [3.8, 4) is 0 Å². The summed E-state index contributed by atoms with van der Waals surface area (Å²) in [5.74, 6) is 0. The first-order chi connectivity index (χ1) is 6.74. The highest BCUT2D eigenvalue weighted by Crippen LogP contribution is 2.27. The zero-order valence-corrected chi connectivity index (χ0v) is 7.83. The van der Waals surface area contributed by atoms with E-state index in [-0.39, 0.29) is 12.9 Å². The number of aliphatic hydroxyl groups excluding tert-OH is 2. The van der Waals surface area contributed by atoms with Crippen molar-refractivity contribution in [3.63, 3.8) is 0 Å². The van der Waals surface area contributed by atoms with Crippen LogP contribution in [0.1, 0.15) is 0 Å². The van der Waals surface area contributed by atoms with Gasteiger partial charge in [0.05, 0.1) is 6.61 Å². The first-order valence-corrected chi connectivity index (χ1v) is 4.48. The molecule has 0 bridgehead atoms. The van der Waals surface area contributed by atoms with Crippen molar-refractivity contribution in [1.82, 2.24) is 0 Å². The zero-order valence-electron chi connectivity index (χ0n) is 7.83. The molecule has 14 heavy (non-hydrogen) atoms. The number of hydrogen-bond acceptors (Lipinski definition) is 6. The molecule has 5 atom stereocenters. The quantitative estimate of drug-likeness (QED) is 0.569. The summed E-state index contributed by atoms with van der Waals surface area (Å²) < 4.78 is 20.4. The highest BCUT2D eigenvalue weighted by atomic mass is 16.7. The second-order valence-electron chi connectivity index (χ2n) is 3.38. The van der Waals surface area contributed by atoms with Gasteiger partial charge in [0.2, 0.25) is 0 Å². The third-order valence-electron chi connectivity index (χ3n) is 2.54. The zero-order chi connectivity index (χ0) is 10.1. The molecule has 0 aromatic rings. The van der Waals surface area contributed by atoms with Gasteiger partial charge >= 0.3 is 0 Å². The Labute approximate surface area is 81.3 Å². The highest BCUT2D eigenvalue weighted by Gasteiger charge is 2.48. The molecule has 2 aliphatic rings. The van der Waals surface area contributed by atoms with Crippen molar-refractivity contribution >= 4 is 0 Å². The molecule has 2 heterocycles. The van der Waals surface area contributed by atoms with Gasteiger partial charge in [0, 0.05) is 7.11 Å². The molecule has 82 valence electrons. The van der Waals surface area contributed by atoms with Crippen LogP contribution in [0.4, 0.5) is 0 Å². The van der Waals surface area contributed by atoms with Crippen molar-refractivity contribution in [3.05, 3.63) is 0 Å². The molecule has 0 amide bonds. The number of methoxy groups -OCH3 is 1. The normalized spacial score (nSPS) is 48.6. The topological polar surface area (TPSA) is 77.4 Å². The van der Waals surface area contributed by atoms with Crippen LogP contribution in [0.15, 0.2) is 0 Å². The molecule has 2 fully saturated rings. The molecule has 2 saturated heterocycles. The van der Waals surface area contributed by atoms with E-state index in [9.17, 15) is 10.2 Å². The number of ether oxygens (including phenoxy) is 4. The van der Waals surface area contributed by atoms with E-state index < -0.39 is 24.6 Å². The fraction of sp³-hybridized carbons (Fsp3) is 1.00.